The topological polar surface area (TPSA) is 29.1 Å². The lowest BCUT2D eigenvalue weighted by molar-refractivity contribution is -0.126. The van der Waals surface area contributed by atoms with Gasteiger partial charge in [-0.3, -0.25) is 4.79 Å². The maximum atomic E-state index is 12.0. The molecule has 1 heterocycles. The molecule has 2 fully saturated rings. The largest absolute Gasteiger partial charge is 0.356 e. The van der Waals surface area contributed by atoms with Crippen LogP contribution in [-0.4, -0.2) is 12.5 Å². The molecule has 0 aromatic carbocycles. The van der Waals surface area contributed by atoms with E-state index in [2.05, 4.69) is 12.2 Å². The van der Waals surface area contributed by atoms with Crippen LogP contribution in [0.3, 0.4) is 0 Å². The maximum Gasteiger partial charge on any atom is 0.223 e. The van der Waals surface area contributed by atoms with Crippen molar-refractivity contribution in [1.29, 1.82) is 0 Å². The van der Waals surface area contributed by atoms with Crippen LogP contribution in [-0.2, 0) is 4.79 Å². The summed E-state index contributed by atoms with van der Waals surface area (Å²) in [6.45, 7) is 3.20. The standard InChI is InChI=1S/C14H25NO/c1-2-11-6-8-12(9-7-11)13-5-3-4-10-15-14(13)16/h11-13H,2-10H2,1H3,(H,15,16). The fourth-order valence-electron chi connectivity index (χ4n) is 3.41. The van der Waals surface area contributed by atoms with Gasteiger partial charge in [0.15, 0.2) is 0 Å². The Morgan fingerprint density at radius 3 is 2.56 bits per heavy atom. The highest BCUT2D eigenvalue weighted by Gasteiger charge is 2.31. The lowest BCUT2D eigenvalue weighted by Crippen LogP contribution is -2.35. The molecule has 1 unspecified atom stereocenters. The van der Waals surface area contributed by atoms with Gasteiger partial charge < -0.3 is 5.32 Å². The molecule has 16 heavy (non-hydrogen) atoms. The summed E-state index contributed by atoms with van der Waals surface area (Å²) in [4.78, 5) is 12.0. The van der Waals surface area contributed by atoms with E-state index in [1.54, 1.807) is 0 Å². The molecule has 1 saturated carbocycles. The molecule has 2 rings (SSSR count). The minimum absolute atomic E-state index is 0.334. The summed E-state index contributed by atoms with van der Waals surface area (Å²) in [6.07, 6.45) is 10.1. The van der Waals surface area contributed by atoms with E-state index in [0.29, 0.717) is 17.7 Å². The molecular weight excluding hydrogens is 198 g/mol. The molecule has 1 aliphatic heterocycles. The minimum atomic E-state index is 0.334. The molecule has 0 aromatic heterocycles. The third kappa shape index (κ3) is 2.78. The van der Waals surface area contributed by atoms with E-state index >= 15 is 0 Å². The monoisotopic (exact) mass is 223 g/mol. The van der Waals surface area contributed by atoms with E-state index in [4.69, 9.17) is 0 Å². The van der Waals surface area contributed by atoms with Crippen LogP contribution in [0.15, 0.2) is 0 Å². The molecule has 2 heteroatoms. The van der Waals surface area contributed by atoms with Crippen molar-refractivity contribution in [1.82, 2.24) is 5.32 Å². The van der Waals surface area contributed by atoms with Crippen molar-refractivity contribution in [3.63, 3.8) is 0 Å². The van der Waals surface area contributed by atoms with E-state index in [0.717, 1.165) is 18.9 Å². The van der Waals surface area contributed by atoms with E-state index in [-0.39, 0.29) is 0 Å². The van der Waals surface area contributed by atoms with Crippen molar-refractivity contribution in [2.24, 2.45) is 17.8 Å². The highest BCUT2D eigenvalue weighted by atomic mass is 16.1. The van der Waals surface area contributed by atoms with Crippen molar-refractivity contribution in [3.8, 4) is 0 Å². The third-order valence-corrected chi connectivity index (χ3v) is 4.62. The van der Waals surface area contributed by atoms with Crippen LogP contribution in [0.5, 0.6) is 0 Å². The van der Waals surface area contributed by atoms with Crippen molar-refractivity contribution >= 4 is 5.91 Å². The molecule has 0 radical (unpaired) electrons. The quantitative estimate of drug-likeness (QED) is 0.765. The second kappa shape index (κ2) is 5.70. The van der Waals surface area contributed by atoms with Gasteiger partial charge in [-0.05, 0) is 37.5 Å². The normalized spacial score (nSPS) is 36.6. The fourth-order valence-corrected chi connectivity index (χ4v) is 3.41. The Hall–Kier alpha value is -0.530. The van der Waals surface area contributed by atoms with E-state index in [9.17, 15) is 4.79 Å². The van der Waals surface area contributed by atoms with Gasteiger partial charge in [0.2, 0.25) is 5.91 Å². The van der Waals surface area contributed by atoms with Gasteiger partial charge in [0.1, 0.15) is 0 Å². The van der Waals surface area contributed by atoms with Crippen molar-refractivity contribution in [2.45, 2.75) is 58.3 Å². The molecule has 92 valence electrons. The Labute approximate surface area is 99.2 Å². The third-order valence-electron chi connectivity index (χ3n) is 4.62. The molecule has 1 amide bonds. The van der Waals surface area contributed by atoms with Gasteiger partial charge in [-0.15, -0.1) is 0 Å². The summed E-state index contributed by atoms with van der Waals surface area (Å²) in [6, 6.07) is 0. The van der Waals surface area contributed by atoms with Crippen molar-refractivity contribution in [2.75, 3.05) is 6.54 Å². The zero-order chi connectivity index (χ0) is 11.4. The smallest absolute Gasteiger partial charge is 0.223 e. The predicted molar refractivity (Wildman–Crippen MR) is 66.1 cm³/mol. The number of nitrogens with one attached hydrogen (secondary N) is 1. The maximum absolute atomic E-state index is 12.0. The number of hydrogen-bond donors (Lipinski definition) is 1. The van der Waals surface area contributed by atoms with Gasteiger partial charge in [-0.25, -0.2) is 0 Å². The highest BCUT2D eigenvalue weighted by molar-refractivity contribution is 5.79. The molecule has 1 aliphatic carbocycles. The summed E-state index contributed by atoms with van der Waals surface area (Å²) in [5.74, 6) is 2.30. The Bertz CT molecular complexity index is 231. The van der Waals surface area contributed by atoms with Crippen molar-refractivity contribution in [3.05, 3.63) is 0 Å². The van der Waals surface area contributed by atoms with Gasteiger partial charge in [-0.1, -0.05) is 32.6 Å². The molecule has 1 N–H and O–H groups in total. The first-order valence-electron chi connectivity index (χ1n) is 7.09. The number of rotatable bonds is 2. The van der Waals surface area contributed by atoms with Gasteiger partial charge in [0.05, 0.1) is 0 Å². The second-order valence-corrected chi connectivity index (χ2v) is 5.58. The summed E-state index contributed by atoms with van der Waals surface area (Å²) >= 11 is 0. The predicted octanol–water partition coefficient (Wildman–Crippen LogP) is 3.12. The molecule has 1 saturated heterocycles. The first-order valence-corrected chi connectivity index (χ1v) is 7.09. The zero-order valence-electron chi connectivity index (χ0n) is 10.5. The summed E-state index contributed by atoms with van der Waals surface area (Å²) < 4.78 is 0. The summed E-state index contributed by atoms with van der Waals surface area (Å²) in [5.41, 5.74) is 0. The van der Waals surface area contributed by atoms with Crippen molar-refractivity contribution < 1.29 is 4.79 Å². The summed E-state index contributed by atoms with van der Waals surface area (Å²) in [7, 11) is 0. The van der Waals surface area contributed by atoms with Crippen LogP contribution >= 0.6 is 0 Å². The van der Waals surface area contributed by atoms with Gasteiger partial charge in [0, 0.05) is 12.5 Å². The Morgan fingerprint density at radius 2 is 1.88 bits per heavy atom. The Morgan fingerprint density at radius 1 is 1.12 bits per heavy atom. The average Bonchev–Trinajstić information content (AvgIpc) is 2.54. The number of amides is 1. The molecule has 1 atom stereocenters. The minimum Gasteiger partial charge on any atom is -0.356 e. The van der Waals surface area contributed by atoms with Crippen LogP contribution in [0.2, 0.25) is 0 Å². The lowest BCUT2D eigenvalue weighted by atomic mass is 9.73. The van der Waals surface area contributed by atoms with Gasteiger partial charge in [0.25, 0.3) is 0 Å². The zero-order valence-corrected chi connectivity index (χ0v) is 10.5. The van der Waals surface area contributed by atoms with E-state index < -0.39 is 0 Å². The average molecular weight is 223 g/mol. The number of carbonyl (C=O) groups excluding carboxylic acids is 1. The molecular formula is C14H25NO. The van der Waals surface area contributed by atoms with Gasteiger partial charge >= 0.3 is 0 Å². The first-order chi connectivity index (χ1) is 7.81. The molecule has 2 nitrogen and oxygen atoms in total. The van der Waals surface area contributed by atoms with Crippen LogP contribution in [0.25, 0.3) is 0 Å². The molecule has 0 bridgehead atoms. The number of hydrogen-bond acceptors (Lipinski definition) is 1. The van der Waals surface area contributed by atoms with Gasteiger partial charge in [-0.2, -0.15) is 0 Å². The Balaban J connectivity index is 1.89. The molecule has 0 spiro atoms. The molecule has 2 aliphatic rings. The van der Waals surface area contributed by atoms with E-state index in [1.807, 2.05) is 0 Å². The fraction of sp³-hybridized carbons (Fsp3) is 0.929. The summed E-state index contributed by atoms with van der Waals surface area (Å²) in [5, 5.41) is 3.08. The van der Waals surface area contributed by atoms with Crippen LogP contribution in [0.4, 0.5) is 0 Å². The highest BCUT2D eigenvalue weighted by Crippen LogP contribution is 2.37. The molecule has 0 aromatic rings. The number of carbonyl (C=O) groups is 1. The lowest BCUT2D eigenvalue weighted by Gasteiger charge is -2.32. The SMILES string of the molecule is CCC1CCC(C2CCCCNC2=O)CC1. The van der Waals surface area contributed by atoms with E-state index in [1.165, 1.54) is 44.9 Å². The van der Waals surface area contributed by atoms with Crippen LogP contribution in [0.1, 0.15) is 58.3 Å². The second-order valence-electron chi connectivity index (χ2n) is 5.58. The Kier molecular flexibility index (Phi) is 4.25. The van der Waals surface area contributed by atoms with Crippen LogP contribution in [0, 0.1) is 17.8 Å². The first kappa shape index (κ1) is 11.9. The van der Waals surface area contributed by atoms with Crippen LogP contribution < -0.4 is 5.32 Å².